The molecule has 0 aliphatic carbocycles. The lowest BCUT2D eigenvalue weighted by atomic mass is 10.2. The summed E-state index contributed by atoms with van der Waals surface area (Å²) in [7, 11) is 0. The highest BCUT2D eigenvalue weighted by Gasteiger charge is 2.08. The van der Waals surface area contributed by atoms with Crippen LogP contribution in [0.5, 0.6) is 5.75 Å². The van der Waals surface area contributed by atoms with Gasteiger partial charge in [0.25, 0.3) is 0 Å². The quantitative estimate of drug-likeness (QED) is 0.638. The molecule has 2 nitrogen and oxygen atoms in total. The molecular weight excluding hydrogens is 346 g/mol. The largest absolute Gasteiger partial charge is 0.492 e. The molecule has 0 aliphatic heterocycles. The van der Waals surface area contributed by atoms with E-state index in [2.05, 4.69) is 61.2 Å². The summed E-state index contributed by atoms with van der Waals surface area (Å²) in [6.45, 7) is 5.96. The summed E-state index contributed by atoms with van der Waals surface area (Å²) in [5.41, 5.74) is 1.19. The summed E-state index contributed by atoms with van der Waals surface area (Å²) in [5, 5.41) is 3.25. The van der Waals surface area contributed by atoms with Gasteiger partial charge in [0, 0.05) is 6.54 Å². The monoisotopic (exact) mass is 359 g/mol. The molecule has 0 heterocycles. The van der Waals surface area contributed by atoms with E-state index in [1.807, 2.05) is 13.8 Å². The van der Waals surface area contributed by atoms with E-state index in [9.17, 15) is 0 Å². The predicted octanol–water partition coefficient (Wildman–Crippen LogP) is 3.72. The Kier molecular flexibility index (Phi) is 6.64. The zero-order chi connectivity index (χ0) is 12.7. The van der Waals surface area contributed by atoms with E-state index in [4.69, 9.17) is 4.74 Å². The van der Waals surface area contributed by atoms with Crippen molar-refractivity contribution in [1.29, 1.82) is 0 Å². The van der Waals surface area contributed by atoms with Gasteiger partial charge in [-0.2, -0.15) is 0 Å². The van der Waals surface area contributed by atoms with Gasteiger partial charge in [0.05, 0.1) is 22.1 Å². The average molecular weight is 361 g/mol. The van der Waals surface area contributed by atoms with Crippen molar-refractivity contribution in [3.05, 3.63) is 26.6 Å². The third-order valence-electron chi connectivity index (χ3n) is 2.07. The van der Waals surface area contributed by atoms with Crippen LogP contribution >= 0.6 is 31.9 Å². The average Bonchev–Trinajstić information content (AvgIpc) is 2.29. The first-order valence-electron chi connectivity index (χ1n) is 5.40. The minimum absolute atomic E-state index is 0.654. The smallest absolute Gasteiger partial charge is 0.147 e. The van der Waals surface area contributed by atoms with Gasteiger partial charge >= 0.3 is 0 Å². The second-order valence-corrected chi connectivity index (χ2v) is 5.06. The van der Waals surface area contributed by atoms with Crippen molar-refractivity contribution in [3.63, 3.8) is 0 Å². The van der Waals surface area contributed by atoms with Gasteiger partial charge < -0.3 is 10.1 Å². The van der Waals surface area contributed by atoms with Crippen molar-refractivity contribution in [2.45, 2.75) is 20.4 Å². The lowest BCUT2D eigenvalue weighted by Crippen LogP contribution is -2.13. The van der Waals surface area contributed by atoms with Crippen LogP contribution in [0.1, 0.15) is 19.4 Å². The Morgan fingerprint density at radius 1 is 1.29 bits per heavy atom. The summed E-state index contributed by atoms with van der Waals surface area (Å²) in [6.07, 6.45) is 0. The molecule has 1 rings (SSSR count). The van der Waals surface area contributed by atoms with Gasteiger partial charge in [-0.15, -0.1) is 5.92 Å². The number of hydrogen-bond acceptors (Lipinski definition) is 2. The van der Waals surface area contributed by atoms with Crippen molar-refractivity contribution >= 4 is 31.9 Å². The summed E-state index contributed by atoms with van der Waals surface area (Å²) in [5.74, 6) is 6.67. The number of hydrogen-bond donors (Lipinski definition) is 1. The van der Waals surface area contributed by atoms with Crippen LogP contribution in [-0.2, 0) is 6.54 Å². The summed E-state index contributed by atoms with van der Waals surface area (Å²) < 4.78 is 7.46. The fraction of sp³-hybridized carbons (Fsp3) is 0.385. The van der Waals surface area contributed by atoms with Crippen LogP contribution in [0.2, 0.25) is 0 Å². The van der Waals surface area contributed by atoms with Gasteiger partial charge in [-0.1, -0.05) is 5.92 Å². The molecular formula is C13H15Br2NO. The topological polar surface area (TPSA) is 21.3 Å². The third-order valence-corrected chi connectivity index (χ3v) is 3.24. The van der Waals surface area contributed by atoms with Crippen molar-refractivity contribution < 1.29 is 4.74 Å². The molecule has 92 valence electrons. The summed E-state index contributed by atoms with van der Waals surface area (Å²) in [6, 6.07) is 4.12. The van der Waals surface area contributed by atoms with Gasteiger partial charge in [-0.05, 0) is 63.4 Å². The summed E-state index contributed by atoms with van der Waals surface area (Å²) >= 11 is 7.02. The van der Waals surface area contributed by atoms with Gasteiger partial charge in [0.1, 0.15) is 5.75 Å². The molecule has 0 spiro atoms. The SMILES string of the molecule is CC#CCNCc1cc(Br)c(OCC)c(Br)c1. The second-order valence-electron chi connectivity index (χ2n) is 3.35. The molecule has 0 aliphatic rings. The Hall–Kier alpha value is -0.500. The molecule has 0 atom stereocenters. The van der Waals surface area contributed by atoms with Gasteiger partial charge in [-0.3, -0.25) is 0 Å². The van der Waals surface area contributed by atoms with Crippen LogP contribution in [0.4, 0.5) is 0 Å². The van der Waals surface area contributed by atoms with Crippen LogP contribution in [0.3, 0.4) is 0 Å². The molecule has 0 fully saturated rings. The lowest BCUT2D eigenvalue weighted by Gasteiger charge is -2.11. The zero-order valence-electron chi connectivity index (χ0n) is 9.94. The number of halogens is 2. The predicted molar refractivity (Wildman–Crippen MR) is 78.2 cm³/mol. The maximum Gasteiger partial charge on any atom is 0.147 e. The number of rotatable bonds is 5. The Balaban J connectivity index is 2.71. The molecule has 0 amide bonds. The molecule has 4 heteroatoms. The van der Waals surface area contributed by atoms with Gasteiger partial charge in [-0.25, -0.2) is 0 Å². The molecule has 0 bridgehead atoms. The molecule has 0 saturated carbocycles. The van der Waals surface area contributed by atoms with E-state index in [1.54, 1.807) is 0 Å². The standard InChI is InChI=1S/C13H15Br2NO/c1-3-5-6-16-9-10-7-11(14)13(17-4-2)12(15)8-10/h7-8,16H,4,6,9H2,1-2H3. The maximum atomic E-state index is 5.53. The van der Waals surface area contributed by atoms with E-state index in [0.717, 1.165) is 21.2 Å². The molecule has 0 unspecified atom stereocenters. The van der Waals surface area contributed by atoms with Crippen molar-refractivity contribution in [3.8, 4) is 17.6 Å². The fourth-order valence-electron chi connectivity index (χ4n) is 1.35. The van der Waals surface area contributed by atoms with Crippen LogP contribution in [0.25, 0.3) is 0 Å². The minimum Gasteiger partial charge on any atom is -0.492 e. The molecule has 0 aromatic heterocycles. The highest BCUT2D eigenvalue weighted by atomic mass is 79.9. The Morgan fingerprint density at radius 3 is 2.47 bits per heavy atom. The Labute approximate surface area is 119 Å². The zero-order valence-corrected chi connectivity index (χ0v) is 13.1. The Bertz CT molecular complexity index is 412. The van der Waals surface area contributed by atoms with E-state index in [1.165, 1.54) is 5.56 Å². The van der Waals surface area contributed by atoms with Crippen molar-refractivity contribution in [2.75, 3.05) is 13.2 Å². The molecule has 17 heavy (non-hydrogen) atoms. The van der Waals surface area contributed by atoms with Gasteiger partial charge in [0.15, 0.2) is 0 Å². The molecule has 1 aromatic rings. The van der Waals surface area contributed by atoms with Gasteiger partial charge in [0.2, 0.25) is 0 Å². The molecule has 0 saturated heterocycles. The second kappa shape index (κ2) is 7.75. The van der Waals surface area contributed by atoms with E-state index in [-0.39, 0.29) is 0 Å². The number of ether oxygens (including phenoxy) is 1. The van der Waals surface area contributed by atoms with E-state index < -0.39 is 0 Å². The highest BCUT2D eigenvalue weighted by molar-refractivity contribution is 9.11. The summed E-state index contributed by atoms with van der Waals surface area (Å²) in [4.78, 5) is 0. The first-order chi connectivity index (χ1) is 8.19. The normalized spacial score (nSPS) is 9.65. The maximum absolute atomic E-state index is 5.53. The van der Waals surface area contributed by atoms with Crippen LogP contribution < -0.4 is 10.1 Å². The Morgan fingerprint density at radius 2 is 1.94 bits per heavy atom. The molecule has 1 aromatic carbocycles. The fourth-order valence-corrected chi connectivity index (χ4v) is 2.86. The van der Waals surface area contributed by atoms with E-state index in [0.29, 0.717) is 13.2 Å². The first-order valence-corrected chi connectivity index (χ1v) is 6.98. The van der Waals surface area contributed by atoms with Crippen molar-refractivity contribution in [2.24, 2.45) is 0 Å². The van der Waals surface area contributed by atoms with Crippen LogP contribution in [0, 0.1) is 11.8 Å². The third kappa shape index (κ3) is 4.71. The first kappa shape index (κ1) is 14.6. The van der Waals surface area contributed by atoms with Crippen LogP contribution in [0.15, 0.2) is 21.1 Å². The number of nitrogens with one attached hydrogen (secondary N) is 1. The molecule has 1 N–H and O–H groups in total. The lowest BCUT2D eigenvalue weighted by molar-refractivity contribution is 0.336. The van der Waals surface area contributed by atoms with Crippen LogP contribution in [-0.4, -0.2) is 13.2 Å². The highest BCUT2D eigenvalue weighted by Crippen LogP contribution is 2.34. The minimum atomic E-state index is 0.654. The van der Waals surface area contributed by atoms with Crippen molar-refractivity contribution in [1.82, 2.24) is 5.32 Å². The number of benzene rings is 1. The molecule has 0 radical (unpaired) electrons. The van der Waals surface area contributed by atoms with E-state index >= 15 is 0 Å².